The highest BCUT2D eigenvalue weighted by atomic mass is 35.5. The molecule has 0 spiro atoms. The lowest BCUT2D eigenvalue weighted by atomic mass is 10.1. The molecule has 0 unspecified atom stereocenters. The lowest BCUT2D eigenvalue weighted by molar-refractivity contribution is -0.111. The van der Waals surface area contributed by atoms with Gasteiger partial charge in [0, 0.05) is 16.7 Å². The van der Waals surface area contributed by atoms with Crippen molar-refractivity contribution in [2.75, 3.05) is 12.4 Å². The first kappa shape index (κ1) is 17.4. The highest BCUT2D eigenvalue weighted by Crippen LogP contribution is 2.24. The zero-order valence-electron chi connectivity index (χ0n) is 12.6. The SMILES string of the molecule is COc1ccc(Cl)cc1C=CC(=O)Nc1ccc(O)cc1C(=O)O. The molecule has 0 saturated carbocycles. The summed E-state index contributed by atoms with van der Waals surface area (Å²) in [6.07, 6.45) is 2.73. The van der Waals surface area contributed by atoms with Crippen molar-refractivity contribution in [3.05, 3.63) is 58.6 Å². The number of rotatable bonds is 5. The largest absolute Gasteiger partial charge is 0.508 e. The van der Waals surface area contributed by atoms with Gasteiger partial charge in [0.15, 0.2) is 0 Å². The standard InChI is InChI=1S/C17H14ClNO5/c1-24-15-6-3-11(18)8-10(15)2-7-16(21)19-14-5-4-12(20)9-13(14)17(22)23/h2-9,20H,1H3,(H,19,21)(H,22,23). The minimum atomic E-state index is -1.26. The van der Waals surface area contributed by atoms with Crippen molar-refractivity contribution in [3.63, 3.8) is 0 Å². The smallest absolute Gasteiger partial charge is 0.337 e. The zero-order valence-corrected chi connectivity index (χ0v) is 13.4. The van der Waals surface area contributed by atoms with E-state index in [2.05, 4.69) is 5.32 Å². The molecule has 0 radical (unpaired) electrons. The molecule has 0 aliphatic heterocycles. The van der Waals surface area contributed by atoms with E-state index >= 15 is 0 Å². The van der Waals surface area contributed by atoms with Gasteiger partial charge in [0.05, 0.1) is 18.4 Å². The van der Waals surface area contributed by atoms with E-state index in [0.29, 0.717) is 16.3 Å². The minimum absolute atomic E-state index is 0.0769. The normalized spacial score (nSPS) is 10.6. The van der Waals surface area contributed by atoms with E-state index in [1.165, 1.54) is 31.4 Å². The first-order valence-electron chi connectivity index (χ1n) is 6.79. The molecule has 0 aliphatic rings. The van der Waals surface area contributed by atoms with Crippen LogP contribution in [0.1, 0.15) is 15.9 Å². The van der Waals surface area contributed by atoms with E-state index in [0.717, 1.165) is 6.07 Å². The number of phenolic OH excluding ortho intramolecular Hbond substituents is 1. The number of nitrogens with one attached hydrogen (secondary N) is 1. The van der Waals surface area contributed by atoms with Gasteiger partial charge in [-0.1, -0.05) is 11.6 Å². The third-order valence-electron chi connectivity index (χ3n) is 3.10. The molecule has 0 fully saturated rings. The summed E-state index contributed by atoms with van der Waals surface area (Å²) >= 11 is 5.91. The second-order valence-corrected chi connectivity index (χ2v) is 5.18. The van der Waals surface area contributed by atoms with Crippen LogP contribution < -0.4 is 10.1 Å². The lowest BCUT2D eigenvalue weighted by Gasteiger charge is -2.07. The number of aromatic hydroxyl groups is 1. The first-order valence-corrected chi connectivity index (χ1v) is 7.17. The number of halogens is 1. The van der Waals surface area contributed by atoms with Gasteiger partial charge < -0.3 is 20.3 Å². The number of hydrogen-bond donors (Lipinski definition) is 3. The molecule has 3 N–H and O–H groups in total. The Balaban J connectivity index is 2.20. The number of aromatic carboxylic acids is 1. The quantitative estimate of drug-likeness (QED) is 0.569. The van der Waals surface area contributed by atoms with E-state index in [9.17, 15) is 14.7 Å². The highest BCUT2D eigenvalue weighted by Gasteiger charge is 2.12. The molecular formula is C17H14ClNO5. The van der Waals surface area contributed by atoms with E-state index in [1.54, 1.807) is 18.2 Å². The molecule has 0 aromatic heterocycles. The van der Waals surface area contributed by atoms with Gasteiger partial charge >= 0.3 is 5.97 Å². The Morgan fingerprint density at radius 3 is 2.62 bits per heavy atom. The molecule has 2 aromatic rings. The molecule has 0 aliphatic carbocycles. The Morgan fingerprint density at radius 2 is 1.96 bits per heavy atom. The number of carboxylic acid groups (broad SMARTS) is 1. The molecule has 1 amide bonds. The van der Waals surface area contributed by atoms with Gasteiger partial charge in [-0.25, -0.2) is 4.79 Å². The molecule has 0 saturated heterocycles. The third-order valence-corrected chi connectivity index (χ3v) is 3.33. The molecule has 0 heterocycles. The lowest BCUT2D eigenvalue weighted by Crippen LogP contribution is -2.11. The number of hydrogen-bond acceptors (Lipinski definition) is 4. The predicted octanol–water partition coefficient (Wildman–Crippen LogP) is 3.40. The Labute approximate surface area is 143 Å². The summed E-state index contributed by atoms with van der Waals surface area (Å²) in [5, 5.41) is 21.4. The van der Waals surface area contributed by atoms with Crippen molar-refractivity contribution in [2.45, 2.75) is 0 Å². The monoisotopic (exact) mass is 347 g/mol. The number of methoxy groups -OCH3 is 1. The fourth-order valence-electron chi connectivity index (χ4n) is 1.99. The van der Waals surface area contributed by atoms with Crippen LogP contribution in [-0.4, -0.2) is 29.2 Å². The summed E-state index contributed by atoms with van der Waals surface area (Å²) in [4.78, 5) is 23.1. The molecule has 0 atom stereocenters. The maximum atomic E-state index is 12.0. The van der Waals surface area contributed by atoms with Gasteiger partial charge in [-0.15, -0.1) is 0 Å². The van der Waals surface area contributed by atoms with Crippen LogP contribution >= 0.6 is 11.6 Å². The van der Waals surface area contributed by atoms with Gasteiger partial charge in [-0.3, -0.25) is 4.79 Å². The van der Waals surface area contributed by atoms with Crippen LogP contribution in [0.4, 0.5) is 5.69 Å². The number of benzene rings is 2. The molecule has 2 rings (SSSR count). The fraction of sp³-hybridized carbons (Fsp3) is 0.0588. The number of phenols is 1. The first-order chi connectivity index (χ1) is 11.4. The fourth-order valence-corrected chi connectivity index (χ4v) is 2.17. The zero-order chi connectivity index (χ0) is 17.7. The van der Waals surface area contributed by atoms with Gasteiger partial charge in [0.2, 0.25) is 5.91 Å². The average molecular weight is 348 g/mol. The third kappa shape index (κ3) is 4.27. The Hall–Kier alpha value is -2.99. The van der Waals surface area contributed by atoms with Gasteiger partial charge in [0.25, 0.3) is 0 Å². The molecular weight excluding hydrogens is 334 g/mol. The predicted molar refractivity (Wildman–Crippen MR) is 90.7 cm³/mol. The summed E-state index contributed by atoms with van der Waals surface area (Å²) in [6.45, 7) is 0. The van der Waals surface area contributed by atoms with E-state index in [1.807, 2.05) is 0 Å². The Kier molecular flexibility index (Phi) is 5.44. The van der Waals surface area contributed by atoms with E-state index in [-0.39, 0.29) is 17.0 Å². The summed E-state index contributed by atoms with van der Waals surface area (Å²) < 4.78 is 5.17. The minimum Gasteiger partial charge on any atom is -0.508 e. The van der Waals surface area contributed by atoms with Crippen molar-refractivity contribution < 1.29 is 24.5 Å². The van der Waals surface area contributed by atoms with Crippen LogP contribution in [0.3, 0.4) is 0 Å². The molecule has 7 heteroatoms. The van der Waals surface area contributed by atoms with Crippen molar-refractivity contribution in [2.24, 2.45) is 0 Å². The van der Waals surface area contributed by atoms with Crippen LogP contribution in [0, 0.1) is 0 Å². The number of carbonyl (C=O) groups excluding carboxylic acids is 1. The number of ether oxygens (including phenoxy) is 1. The van der Waals surface area contributed by atoms with Gasteiger partial charge in [-0.2, -0.15) is 0 Å². The number of anilines is 1. The molecule has 6 nitrogen and oxygen atoms in total. The maximum absolute atomic E-state index is 12.0. The number of carbonyl (C=O) groups is 2. The van der Waals surface area contributed by atoms with Gasteiger partial charge in [0.1, 0.15) is 11.5 Å². The van der Waals surface area contributed by atoms with E-state index < -0.39 is 11.9 Å². The van der Waals surface area contributed by atoms with Gasteiger partial charge in [-0.05, 0) is 42.5 Å². The highest BCUT2D eigenvalue weighted by molar-refractivity contribution is 6.30. The van der Waals surface area contributed by atoms with E-state index in [4.69, 9.17) is 21.4 Å². The maximum Gasteiger partial charge on any atom is 0.337 e. The molecule has 24 heavy (non-hydrogen) atoms. The second-order valence-electron chi connectivity index (χ2n) is 4.74. The van der Waals surface area contributed by atoms with Crippen LogP contribution in [0.15, 0.2) is 42.5 Å². The summed E-state index contributed by atoms with van der Waals surface area (Å²) in [7, 11) is 1.50. The Morgan fingerprint density at radius 1 is 1.21 bits per heavy atom. The molecule has 124 valence electrons. The van der Waals surface area contributed by atoms with Crippen LogP contribution in [0.25, 0.3) is 6.08 Å². The molecule has 0 bridgehead atoms. The van der Waals surface area contributed by atoms with Crippen molar-refractivity contribution in [3.8, 4) is 11.5 Å². The average Bonchev–Trinajstić information content (AvgIpc) is 2.54. The number of amides is 1. The molecule has 2 aromatic carbocycles. The summed E-state index contributed by atoms with van der Waals surface area (Å²) in [5.74, 6) is -1.46. The summed E-state index contributed by atoms with van der Waals surface area (Å²) in [6, 6.07) is 8.61. The topological polar surface area (TPSA) is 95.9 Å². The van der Waals surface area contributed by atoms with Crippen LogP contribution in [-0.2, 0) is 4.79 Å². The van der Waals surface area contributed by atoms with Crippen molar-refractivity contribution >= 4 is 35.2 Å². The second kappa shape index (κ2) is 7.52. The van der Waals surface area contributed by atoms with Crippen molar-refractivity contribution in [1.82, 2.24) is 0 Å². The van der Waals surface area contributed by atoms with Crippen LogP contribution in [0.2, 0.25) is 5.02 Å². The van der Waals surface area contributed by atoms with Crippen molar-refractivity contribution in [1.29, 1.82) is 0 Å². The van der Waals surface area contributed by atoms with Crippen LogP contribution in [0.5, 0.6) is 11.5 Å². The Bertz CT molecular complexity index is 817. The summed E-state index contributed by atoms with van der Waals surface area (Å²) in [5.41, 5.74) is 0.467. The number of carboxylic acids is 1.